The van der Waals surface area contributed by atoms with E-state index in [4.69, 9.17) is 9.84 Å². The van der Waals surface area contributed by atoms with Crippen LogP contribution in [0.1, 0.15) is 85.0 Å². The Balaban J connectivity index is 0.000000152. The van der Waals surface area contributed by atoms with Crippen LogP contribution in [-0.4, -0.2) is 64.6 Å². The first-order valence-corrected chi connectivity index (χ1v) is 12.3. The van der Waals surface area contributed by atoms with E-state index in [2.05, 4.69) is 20.1 Å². The molecule has 4 heterocycles. The highest BCUT2D eigenvalue weighted by Crippen LogP contribution is 2.36. The molecular weight excluding hydrogens is 436 g/mol. The zero-order valence-electron chi connectivity index (χ0n) is 20.5. The number of piperidine rings is 1. The largest absolute Gasteiger partial charge is 0.444 e. The van der Waals surface area contributed by atoms with Crippen LogP contribution in [0.4, 0.5) is 4.79 Å². The Morgan fingerprint density at radius 2 is 1.74 bits per heavy atom. The van der Waals surface area contributed by atoms with Crippen LogP contribution < -0.4 is 5.56 Å². The summed E-state index contributed by atoms with van der Waals surface area (Å²) in [6.45, 7) is 5.78. The minimum atomic E-state index is -0.367. The maximum absolute atomic E-state index is 12.0. The number of nitrogens with zero attached hydrogens (tertiary/aromatic N) is 5. The Hall–Kier alpha value is -2.75. The first-order chi connectivity index (χ1) is 16.2. The molecule has 2 unspecified atom stereocenters. The van der Waals surface area contributed by atoms with Gasteiger partial charge in [0.25, 0.3) is 5.56 Å². The number of H-pyrrole nitrogens is 1. The van der Waals surface area contributed by atoms with Crippen molar-refractivity contribution in [1.29, 1.82) is 0 Å². The van der Waals surface area contributed by atoms with Crippen molar-refractivity contribution in [3.05, 3.63) is 35.4 Å². The van der Waals surface area contributed by atoms with Crippen molar-refractivity contribution in [2.45, 2.75) is 109 Å². The van der Waals surface area contributed by atoms with Crippen LogP contribution in [0, 0.1) is 0 Å². The molecule has 0 radical (unpaired) electrons. The number of fused-ring (bicyclic) bond motifs is 2. The highest BCUT2D eigenvalue weighted by molar-refractivity contribution is 5.69. The molecule has 1 saturated carbocycles. The number of amides is 1. The van der Waals surface area contributed by atoms with E-state index in [1.165, 1.54) is 68.3 Å². The molecule has 1 amide bonds. The van der Waals surface area contributed by atoms with Gasteiger partial charge in [-0.05, 0) is 65.7 Å². The number of aliphatic hydroxyl groups is 1. The van der Waals surface area contributed by atoms with E-state index in [0.717, 1.165) is 25.7 Å². The SMILES string of the molecule is CC(C)(C)OC(=O)N1C2CCCC1CC2.O=c1cnc(-n2cncn2)c[nH]1.OC1CCCCC1. The summed E-state index contributed by atoms with van der Waals surface area (Å²) < 4.78 is 6.90. The molecule has 10 heteroatoms. The van der Waals surface area contributed by atoms with E-state index >= 15 is 0 Å². The number of aromatic nitrogens is 5. The van der Waals surface area contributed by atoms with Gasteiger partial charge in [-0.3, -0.25) is 4.79 Å². The predicted octanol–water partition coefficient (Wildman–Crippen LogP) is 3.60. The van der Waals surface area contributed by atoms with Crippen molar-refractivity contribution in [2.24, 2.45) is 0 Å². The summed E-state index contributed by atoms with van der Waals surface area (Å²) in [6, 6.07) is 0.914. The predicted molar refractivity (Wildman–Crippen MR) is 128 cm³/mol. The number of hydrogen-bond acceptors (Lipinski definition) is 7. The molecule has 34 heavy (non-hydrogen) atoms. The summed E-state index contributed by atoms with van der Waals surface area (Å²) in [5.74, 6) is 0.534. The van der Waals surface area contributed by atoms with Gasteiger partial charge in [-0.1, -0.05) is 19.3 Å². The standard InChI is InChI=1S/C12H21NO2.C6H5N5O.C6H12O/c1-12(2,3)15-11(14)13-9-5-4-6-10(13)8-7-9;12-6-2-8-5(1-9-6)11-4-7-3-10-11;7-6-4-2-1-3-5-6/h9-10H,4-8H2,1-3H3;1-4H,(H,9,12);6-7H,1-5H2. The third-order valence-corrected chi connectivity index (χ3v) is 6.18. The molecular formula is C24H38N6O4. The fraction of sp³-hybridized carbons (Fsp3) is 0.708. The van der Waals surface area contributed by atoms with Gasteiger partial charge in [0.1, 0.15) is 18.3 Å². The third kappa shape index (κ3) is 7.93. The van der Waals surface area contributed by atoms with E-state index < -0.39 is 0 Å². The van der Waals surface area contributed by atoms with Crippen LogP contribution in [0.25, 0.3) is 5.82 Å². The minimum absolute atomic E-state index is 0.0359. The molecule has 1 aliphatic carbocycles. The molecule has 5 rings (SSSR count). The van der Waals surface area contributed by atoms with Crippen LogP contribution in [0.2, 0.25) is 0 Å². The second-order valence-electron chi connectivity index (χ2n) is 10.1. The Labute approximate surface area is 200 Å². The molecule has 3 aliphatic rings. The minimum Gasteiger partial charge on any atom is -0.444 e. The molecule has 2 aliphatic heterocycles. The molecule has 2 atom stereocenters. The van der Waals surface area contributed by atoms with E-state index in [0.29, 0.717) is 17.9 Å². The number of rotatable bonds is 1. The topological polar surface area (TPSA) is 126 Å². The van der Waals surface area contributed by atoms with Gasteiger partial charge in [0, 0.05) is 18.3 Å². The van der Waals surface area contributed by atoms with E-state index in [-0.39, 0.29) is 23.4 Å². The number of ether oxygens (including phenoxy) is 1. The van der Waals surface area contributed by atoms with Gasteiger partial charge in [-0.15, -0.1) is 0 Å². The number of hydrogen-bond donors (Lipinski definition) is 2. The first kappa shape index (κ1) is 25.9. The van der Waals surface area contributed by atoms with Crippen molar-refractivity contribution in [3.8, 4) is 5.82 Å². The zero-order chi connectivity index (χ0) is 24.6. The molecule has 3 fully saturated rings. The Bertz CT molecular complexity index is 897. The first-order valence-electron chi connectivity index (χ1n) is 12.3. The van der Waals surface area contributed by atoms with Gasteiger partial charge in [-0.2, -0.15) is 5.10 Å². The summed E-state index contributed by atoms with van der Waals surface area (Å²) in [4.78, 5) is 34.7. The van der Waals surface area contributed by atoms with E-state index in [1.54, 1.807) is 0 Å². The van der Waals surface area contributed by atoms with Crippen molar-refractivity contribution >= 4 is 6.09 Å². The average molecular weight is 475 g/mol. The second kappa shape index (κ2) is 12.1. The number of carbonyl (C=O) groups is 1. The van der Waals surface area contributed by atoms with Gasteiger partial charge in [-0.25, -0.2) is 19.4 Å². The summed E-state index contributed by atoms with van der Waals surface area (Å²) in [7, 11) is 0. The van der Waals surface area contributed by atoms with Crippen molar-refractivity contribution in [2.75, 3.05) is 0 Å². The molecule has 10 nitrogen and oxygen atoms in total. The van der Waals surface area contributed by atoms with Gasteiger partial charge in [0.15, 0.2) is 5.82 Å². The second-order valence-corrected chi connectivity index (χ2v) is 10.1. The highest BCUT2D eigenvalue weighted by Gasteiger charge is 2.41. The Morgan fingerprint density at radius 3 is 2.21 bits per heavy atom. The lowest BCUT2D eigenvalue weighted by Gasteiger charge is -2.35. The maximum atomic E-state index is 12.0. The third-order valence-electron chi connectivity index (χ3n) is 6.18. The summed E-state index contributed by atoms with van der Waals surface area (Å²) in [5.41, 5.74) is -0.604. The molecule has 2 aromatic heterocycles. The monoisotopic (exact) mass is 474 g/mol. The Kier molecular flexibility index (Phi) is 9.20. The molecule has 0 aromatic carbocycles. The number of aliphatic hydroxyl groups excluding tert-OH is 1. The van der Waals surface area contributed by atoms with Crippen LogP contribution >= 0.6 is 0 Å². The zero-order valence-corrected chi connectivity index (χ0v) is 20.5. The lowest BCUT2D eigenvalue weighted by Crippen LogP contribution is -2.46. The van der Waals surface area contributed by atoms with E-state index in [1.807, 2.05) is 25.7 Å². The van der Waals surface area contributed by atoms with E-state index in [9.17, 15) is 9.59 Å². The van der Waals surface area contributed by atoms with Crippen LogP contribution in [0.5, 0.6) is 0 Å². The number of carbonyl (C=O) groups excluding carboxylic acids is 1. The fourth-order valence-electron chi connectivity index (χ4n) is 4.60. The van der Waals surface area contributed by atoms with Crippen LogP contribution in [-0.2, 0) is 4.74 Å². The average Bonchev–Trinajstić information content (AvgIpc) is 3.41. The summed E-state index contributed by atoms with van der Waals surface area (Å²) >= 11 is 0. The molecule has 2 bridgehead atoms. The smallest absolute Gasteiger partial charge is 0.410 e. The molecule has 0 spiro atoms. The van der Waals surface area contributed by atoms with Crippen molar-refractivity contribution < 1.29 is 14.6 Å². The molecule has 2 saturated heterocycles. The van der Waals surface area contributed by atoms with Crippen LogP contribution in [0.15, 0.2) is 29.8 Å². The van der Waals surface area contributed by atoms with Gasteiger partial charge in [0.05, 0.1) is 12.3 Å². The number of aromatic amines is 1. The Morgan fingerprint density at radius 1 is 1.06 bits per heavy atom. The highest BCUT2D eigenvalue weighted by atomic mass is 16.6. The van der Waals surface area contributed by atoms with Crippen molar-refractivity contribution in [1.82, 2.24) is 29.6 Å². The molecule has 188 valence electrons. The number of nitrogens with one attached hydrogen (secondary N) is 1. The van der Waals surface area contributed by atoms with Crippen LogP contribution in [0.3, 0.4) is 0 Å². The molecule has 2 N–H and O–H groups in total. The normalized spacial score (nSPS) is 22.2. The fourth-order valence-corrected chi connectivity index (χ4v) is 4.60. The van der Waals surface area contributed by atoms with Gasteiger partial charge >= 0.3 is 6.09 Å². The van der Waals surface area contributed by atoms with Gasteiger partial charge < -0.3 is 19.7 Å². The maximum Gasteiger partial charge on any atom is 0.410 e. The summed E-state index contributed by atoms with van der Waals surface area (Å²) in [6.07, 6.45) is 17.3. The lowest BCUT2D eigenvalue weighted by atomic mass is 9.98. The van der Waals surface area contributed by atoms with Gasteiger partial charge in [0.2, 0.25) is 0 Å². The molecule has 2 aromatic rings. The van der Waals surface area contributed by atoms with Crippen molar-refractivity contribution in [3.63, 3.8) is 0 Å². The lowest BCUT2D eigenvalue weighted by molar-refractivity contribution is 0.00783. The summed E-state index contributed by atoms with van der Waals surface area (Å²) in [5, 5.41) is 12.7. The quantitative estimate of drug-likeness (QED) is 0.646.